The number of methoxy groups -OCH3 is 1. The summed E-state index contributed by atoms with van der Waals surface area (Å²) < 4.78 is 5.38. The van der Waals surface area contributed by atoms with Crippen molar-refractivity contribution in [3.05, 3.63) is 114 Å². The van der Waals surface area contributed by atoms with Crippen LogP contribution in [-0.2, 0) is 106 Å². The summed E-state index contributed by atoms with van der Waals surface area (Å²) in [5.41, 5.74) is 34.6. The number of H-pyrrole nitrogens is 1. The van der Waals surface area contributed by atoms with Crippen molar-refractivity contribution in [2.45, 2.75) is 195 Å². The molecule has 670 valence electrons. The van der Waals surface area contributed by atoms with Crippen LogP contribution >= 0.6 is 0 Å². The summed E-state index contributed by atoms with van der Waals surface area (Å²) in [7, 11) is 1.38. The number of hydrogen-bond donors (Lipinski definition) is 25. The average molecular weight is 1730 g/mol. The lowest BCUT2D eigenvalue weighted by Crippen LogP contribution is -2.62. The number of fused-ring (bicyclic) bond motifs is 2. The number of ether oxygens (including phenoxy) is 1. The fraction of sp³-hybridized carbons (Fsp3) is 0.443. The Balaban J connectivity index is 1.54. The highest BCUT2D eigenvalue weighted by Crippen LogP contribution is 2.22. The van der Waals surface area contributed by atoms with Gasteiger partial charge < -0.3 is 134 Å². The van der Waals surface area contributed by atoms with Crippen molar-refractivity contribution >= 4 is 140 Å². The number of aromatic amines is 1. The zero-order valence-corrected chi connectivity index (χ0v) is 68.2. The lowest BCUT2D eigenvalue weighted by Gasteiger charge is -2.29. The van der Waals surface area contributed by atoms with Gasteiger partial charge in [-0.05, 0) is 104 Å². The van der Waals surface area contributed by atoms with Crippen molar-refractivity contribution in [1.29, 1.82) is 5.41 Å². The Kier molecular flexibility index (Phi) is 38.5. The van der Waals surface area contributed by atoms with Crippen LogP contribution < -0.4 is 119 Å². The van der Waals surface area contributed by atoms with Crippen LogP contribution in [0.1, 0.15) is 114 Å². The van der Waals surface area contributed by atoms with Gasteiger partial charge in [-0.15, -0.1) is 0 Å². The third kappa shape index (κ3) is 32.9. The predicted octanol–water partition coefficient (Wildman–Crippen LogP) is -7.05. The predicted molar refractivity (Wildman–Crippen MR) is 442 cm³/mol. The monoisotopic (exact) mass is 1730 g/mol. The number of carboxylic acids is 1. The van der Waals surface area contributed by atoms with Crippen LogP contribution in [0.15, 0.2) is 97.2 Å². The molecule has 2 unspecified atom stereocenters. The number of aliphatic hydroxyl groups excluding tert-OH is 1. The summed E-state index contributed by atoms with van der Waals surface area (Å²) in [6.07, 6.45) is -8.51. The normalized spacial score (nSPS) is 21.2. The highest BCUT2D eigenvalue weighted by molar-refractivity contribution is 6.02. The largest absolute Gasteiger partial charge is 0.497 e. The molecule has 0 bridgehead atoms. The van der Waals surface area contributed by atoms with Gasteiger partial charge in [0.15, 0.2) is 5.96 Å². The van der Waals surface area contributed by atoms with E-state index in [0.29, 0.717) is 38.7 Å². The summed E-state index contributed by atoms with van der Waals surface area (Å²) >= 11 is 0. The van der Waals surface area contributed by atoms with Gasteiger partial charge in [0.05, 0.1) is 38.9 Å². The lowest BCUT2D eigenvalue weighted by molar-refractivity contribution is -0.144. The summed E-state index contributed by atoms with van der Waals surface area (Å²) in [4.78, 5) is 267. The first-order valence-electron chi connectivity index (χ1n) is 39.5. The Bertz CT molecular complexity index is 4730. The SMILES string of the molecule is COc1ccc(C[C@@H]2NC(=O)[C@H](CCCNC(=N)N)NC(=O)[C@H](CCC(N)=O)NC(=O)[C@H](Cc3c[nH]c4ccccc34)NC(=O)C([C@@H](C)O)NC(=O)[C@H](CC(N)=O)NC(=O)C(NC(C)=O)CCCCNC(=O)C[C@H](C(=O)N[C@@H](CC(N)=O)C(=O)N[C@@H](CC(N)=O)C(=O)O)NC(=O)[C@H](CCCNC(N)=O)NC(=O)[C@H](Cc3ccc4ccccc4c3)NC2=O)cc1. The van der Waals surface area contributed by atoms with Crippen molar-refractivity contribution in [2.75, 3.05) is 26.7 Å². The first-order chi connectivity index (χ1) is 58.8. The Morgan fingerprint density at radius 3 is 1.62 bits per heavy atom. The number of urea groups is 1. The second-order valence-corrected chi connectivity index (χ2v) is 29.4. The van der Waals surface area contributed by atoms with E-state index in [1.807, 2.05) is 5.32 Å². The van der Waals surface area contributed by atoms with Crippen molar-refractivity contribution < 1.29 is 106 Å². The highest BCUT2D eigenvalue weighted by atomic mass is 16.5. The van der Waals surface area contributed by atoms with Gasteiger partial charge in [0, 0.05) is 69.3 Å². The molecule has 19 amide bonds. The maximum absolute atomic E-state index is 15.6. The molecule has 31 N–H and O–H groups in total. The first kappa shape index (κ1) is 98.3. The molecule has 1 fully saturated rings. The van der Waals surface area contributed by atoms with Crippen LogP contribution in [0, 0.1) is 5.41 Å². The molecule has 1 saturated heterocycles. The van der Waals surface area contributed by atoms with Gasteiger partial charge in [-0.1, -0.05) is 72.8 Å². The number of aromatic nitrogens is 1. The molecule has 124 heavy (non-hydrogen) atoms. The third-order valence-electron chi connectivity index (χ3n) is 19.5. The van der Waals surface area contributed by atoms with E-state index in [-0.39, 0.29) is 58.2 Å². The van der Waals surface area contributed by atoms with E-state index in [9.17, 15) is 72.5 Å². The number of benzene rings is 4. The molecule has 0 saturated carbocycles. The Hall–Kier alpha value is -14.6. The second kappa shape index (κ2) is 48.6. The van der Waals surface area contributed by atoms with Gasteiger partial charge in [0.1, 0.15) is 78.3 Å². The number of rotatable bonds is 31. The molecule has 1 aliphatic heterocycles. The summed E-state index contributed by atoms with van der Waals surface area (Å²) in [6.45, 7) is 1.37. The Labute approximate surface area is 709 Å². The molecule has 13 atom stereocenters. The zero-order valence-electron chi connectivity index (χ0n) is 68.2. The van der Waals surface area contributed by atoms with Crippen LogP contribution in [-0.4, -0.2) is 239 Å². The van der Waals surface area contributed by atoms with Gasteiger partial charge in [-0.2, -0.15) is 0 Å². The lowest BCUT2D eigenvalue weighted by atomic mass is 9.99. The number of aliphatic carboxylic acids is 1. The molecule has 1 aromatic heterocycles. The summed E-state index contributed by atoms with van der Waals surface area (Å²) in [5, 5.41) is 67.3. The van der Waals surface area contributed by atoms with Crippen LogP contribution in [0.2, 0.25) is 0 Å². The van der Waals surface area contributed by atoms with Crippen molar-refractivity contribution in [1.82, 2.24) is 84.7 Å². The number of hydrogen-bond acceptors (Lipinski definition) is 22. The summed E-state index contributed by atoms with van der Waals surface area (Å²) in [5.74, 6) is -22.1. The molecule has 0 spiro atoms. The molecule has 5 aromatic rings. The number of guanidine groups is 1. The molecule has 0 radical (unpaired) electrons. The minimum Gasteiger partial charge on any atom is -0.497 e. The van der Waals surface area contributed by atoms with Gasteiger partial charge in [-0.25, -0.2) is 9.59 Å². The van der Waals surface area contributed by atoms with E-state index < -0.39 is 261 Å². The average Bonchev–Trinajstić information content (AvgIpc) is 1.69. The number of carbonyl (C=O) groups excluding carboxylic acids is 18. The molecule has 2 heterocycles. The molecule has 4 aromatic carbocycles. The summed E-state index contributed by atoms with van der Waals surface area (Å²) in [6, 6.07) is 1.20. The number of carbonyl (C=O) groups is 19. The van der Waals surface area contributed by atoms with E-state index in [1.54, 1.807) is 66.7 Å². The van der Waals surface area contributed by atoms with E-state index in [2.05, 4.69) is 79.4 Å². The van der Waals surface area contributed by atoms with E-state index in [4.69, 9.17) is 44.5 Å². The van der Waals surface area contributed by atoms with Gasteiger partial charge >= 0.3 is 12.0 Å². The van der Waals surface area contributed by atoms with Gasteiger partial charge in [0.25, 0.3) is 0 Å². The Morgan fingerprint density at radius 2 is 1.06 bits per heavy atom. The fourth-order valence-electron chi connectivity index (χ4n) is 13.2. The fourth-order valence-corrected chi connectivity index (χ4v) is 13.2. The number of amides is 19. The molecule has 0 aliphatic carbocycles. The van der Waals surface area contributed by atoms with Crippen LogP contribution in [0.5, 0.6) is 5.75 Å². The number of carboxylic acid groups (broad SMARTS) is 1. The number of aliphatic hydroxyl groups is 1. The minimum atomic E-state index is -2.17. The van der Waals surface area contributed by atoms with Crippen molar-refractivity contribution in [2.24, 2.45) is 34.4 Å². The highest BCUT2D eigenvalue weighted by Gasteiger charge is 2.40. The van der Waals surface area contributed by atoms with Crippen LogP contribution in [0.25, 0.3) is 21.7 Å². The molecule has 1 aliphatic rings. The molecular weight excluding hydrogens is 1620 g/mol. The quantitative estimate of drug-likeness (QED) is 0.0111. The van der Waals surface area contributed by atoms with Crippen molar-refractivity contribution in [3.63, 3.8) is 0 Å². The number of nitrogens with two attached hydrogens (primary N) is 6. The maximum Gasteiger partial charge on any atom is 0.326 e. The Morgan fingerprint density at radius 1 is 0.540 bits per heavy atom. The van der Waals surface area contributed by atoms with E-state index in [0.717, 1.165) is 19.2 Å². The van der Waals surface area contributed by atoms with Crippen LogP contribution in [0.4, 0.5) is 4.79 Å². The molecular formula is C79H107N23O22. The maximum atomic E-state index is 15.6. The van der Waals surface area contributed by atoms with E-state index in [1.165, 1.54) is 37.6 Å². The molecule has 6 rings (SSSR count). The van der Waals surface area contributed by atoms with Gasteiger partial charge in [0.2, 0.25) is 100 Å². The van der Waals surface area contributed by atoms with Crippen LogP contribution in [0.3, 0.4) is 0 Å². The second-order valence-electron chi connectivity index (χ2n) is 29.4. The number of primary amides is 5. The van der Waals surface area contributed by atoms with Crippen molar-refractivity contribution in [3.8, 4) is 5.75 Å². The molecule has 45 heteroatoms. The topological polar surface area (TPSA) is 750 Å². The minimum absolute atomic E-state index is 0.0767. The smallest absolute Gasteiger partial charge is 0.326 e. The van der Waals surface area contributed by atoms with E-state index >= 15 is 28.8 Å². The standard InChI is InChI=1S/C79H107N23O22/c1-39(103)65-76(120)100-55(33-45-38-90-48-15-7-6-14-47(45)48)72(116)94-52(25-26-60(80)105)69(113)92-50(17-10-28-88-78(84)85)67(111)95-53(31-41-20-23-46(124-3)24-21-41)71(115)96-54(32-42-19-22-43-12-4-5-13-44(43)30-42)70(114)93-51(18-11-29-89-79(86)123)68(112)99-58(74(118)98-56(34-61(81)106)73(117)101-59(77(121)122)36-63(83)108)37-64(109)87-27-9-8-16-49(91-40(2)104)66(110)97-57(35-62(82)107)75(119)102-65/h4-7,12-15,19-24,30,38-39,49-59,65,90,103H,8-11,16-18,25-29,31-37H2,1-3H3,(H2,80,105)(H2,81,106)(H2,82,107)(H2,83,108)(H,87,109)(H,91,104)(H,92,113)(H,93,114)(H,94,116)(H,95,111)(H,96,115)(H,97,110)(H,98,118)(H,99,112)(H,100,120)(H,101,117)(H,102,119)(H,121,122)(H4,84,85,88)(H3,86,89,123)/t39-,49?,50+,51+,52+,53+,54+,55+,56+,57+,58-,59+,65?/m1/s1. The number of nitrogens with one attached hydrogen (secondary N) is 17. The molecule has 45 nitrogen and oxygen atoms in total. The first-order valence-corrected chi connectivity index (χ1v) is 39.5. The zero-order chi connectivity index (χ0) is 91.4. The number of para-hydroxylation sites is 1. The van der Waals surface area contributed by atoms with Gasteiger partial charge in [-0.3, -0.25) is 86.9 Å². The third-order valence-corrected chi connectivity index (χ3v) is 19.5.